The molecule has 1 aliphatic heterocycles. The second kappa shape index (κ2) is 4.82. The second-order valence-electron chi connectivity index (χ2n) is 6.19. The Morgan fingerprint density at radius 1 is 1.24 bits per heavy atom. The number of rotatable bonds is 3. The number of hydrogen-bond acceptors (Lipinski definition) is 5. The van der Waals surface area contributed by atoms with Gasteiger partial charge in [0.2, 0.25) is 0 Å². The average molecular weight is 291 g/mol. The molecule has 1 heterocycles. The molecule has 0 radical (unpaired) electrons. The Morgan fingerprint density at radius 2 is 1.76 bits per heavy atom. The fourth-order valence-corrected chi connectivity index (χ4v) is 2.24. The van der Waals surface area contributed by atoms with Crippen LogP contribution >= 0.6 is 0 Å². The molecular formula is C15H19N2O4-. The predicted octanol–water partition coefficient (Wildman–Crippen LogP) is 1.49. The highest BCUT2D eigenvalue weighted by atomic mass is 16.5. The molecule has 0 bridgehead atoms. The normalized spacial score (nSPS) is 20.0. The summed E-state index contributed by atoms with van der Waals surface area (Å²) in [4.78, 5) is 11.4. The molecule has 21 heavy (non-hydrogen) atoms. The van der Waals surface area contributed by atoms with Crippen LogP contribution in [0.25, 0.3) is 0 Å². The summed E-state index contributed by atoms with van der Waals surface area (Å²) in [5.41, 5.74) is -0.950. The van der Waals surface area contributed by atoms with Gasteiger partial charge in [0.15, 0.2) is 5.78 Å². The van der Waals surface area contributed by atoms with E-state index in [2.05, 4.69) is 0 Å². The van der Waals surface area contributed by atoms with E-state index in [0.717, 1.165) is 9.80 Å². The number of aliphatic hydroxyl groups excluding tert-OH is 1. The first-order chi connectivity index (χ1) is 9.64. The van der Waals surface area contributed by atoms with Crippen LogP contribution in [-0.4, -0.2) is 44.2 Å². The van der Waals surface area contributed by atoms with Crippen LogP contribution in [0, 0.1) is 10.4 Å². The number of hydrogen-bond donors (Lipinski definition) is 1. The van der Waals surface area contributed by atoms with E-state index in [1.54, 1.807) is 39.8 Å². The number of aliphatic hydroxyl groups is 1. The first kappa shape index (κ1) is 15.5. The second-order valence-corrected chi connectivity index (χ2v) is 6.19. The minimum atomic E-state index is -0.871. The fraction of sp³-hybridized carbons (Fsp3) is 0.467. The largest absolute Gasteiger partial charge is 0.715 e. The molecule has 0 saturated heterocycles. The van der Waals surface area contributed by atoms with Crippen molar-refractivity contribution in [3.8, 4) is 0 Å². The van der Waals surface area contributed by atoms with Crippen LogP contribution < -0.4 is 0 Å². The molecule has 0 aliphatic carbocycles. The smallest absolute Gasteiger partial charge is 0.279 e. The Bertz CT molecular complexity index is 603. The van der Waals surface area contributed by atoms with Crippen molar-refractivity contribution in [2.24, 2.45) is 0 Å². The van der Waals surface area contributed by atoms with Crippen LogP contribution in [0.3, 0.4) is 0 Å². The van der Waals surface area contributed by atoms with Crippen LogP contribution in [0.2, 0.25) is 0 Å². The van der Waals surface area contributed by atoms with E-state index < -0.39 is 23.5 Å². The lowest BCUT2D eigenvalue weighted by Crippen LogP contribution is -2.52. The zero-order chi connectivity index (χ0) is 16.0. The number of Topliss-reactive ketones (excluding diaryl/α,β-unsaturated/α-hetero) is 1. The summed E-state index contributed by atoms with van der Waals surface area (Å²) in [6.07, 6.45) is 0. The molecule has 114 valence electrons. The molecule has 2 rings (SSSR count). The fourth-order valence-electron chi connectivity index (χ4n) is 2.24. The lowest BCUT2D eigenvalue weighted by atomic mass is 9.84. The highest BCUT2D eigenvalue weighted by Crippen LogP contribution is 2.37. The molecule has 1 aliphatic rings. The highest BCUT2D eigenvalue weighted by molar-refractivity contribution is 6.00. The molecular weight excluding hydrogens is 272 g/mol. The summed E-state index contributed by atoms with van der Waals surface area (Å²) in [5.74, 6) is -0.371. The molecule has 1 N–H and O–H groups in total. The van der Waals surface area contributed by atoms with Crippen LogP contribution in [0.5, 0.6) is 0 Å². The van der Waals surface area contributed by atoms with Crippen molar-refractivity contribution in [3.63, 3.8) is 0 Å². The van der Waals surface area contributed by atoms with Crippen molar-refractivity contribution in [2.45, 2.75) is 38.8 Å². The van der Waals surface area contributed by atoms with E-state index in [1.807, 2.05) is 0 Å². The third kappa shape index (κ3) is 2.11. The van der Waals surface area contributed by atoms with Crippen molar-refractivity contribution in [1.29, 1.82) is 0 Å². The summed E-state index contributed by atoms with van der Waals surface area (Å²) in [5, 5.41) is 34.5. The number of nitrogens with zero attached hydrogens (tertiary/aromatic N) is 2. The van der Waals surface area contributed by atoms with Gasteiger partial charge in [0.05, 0.1) is 5.56 Å². The number of benzene rings is 1. The maximum atomic E-state index is 12.5. The third-order valence-corrected chi connectivity index (χ3v) is 4.51. The minimum absolute atomic E-state index is 0.0352. The van der Waals surface area contributed by atoms with Crippen molar-refractivity contribution < 1.29 is 14.6 Å². The summed E-state index contributed by atoms with van der Waals surface area (Å²) < 4.78 is 0.725. The number of carbonyl (C=O) groups excluding carboxylic acids is 1. The molecule has 6 nitrogen and oxygen atoms in total. The van der Waals surface area contributed by atoms with E-state index in [4.69, 9.17) is 5.11 Å². The SMILES string of the molecule is CC1(C)N([O-])C(c2ccc(C(=O)CO)cc2)=[N+]([O-])C1(C)C. The van der Waals surface area contributed by atoms with E-state index in [9.17, 15) is 15.2 Å². The van der Waals surface area contributed by atoms with Gasteiger partial charge in [-0.25, -0.2) is 0 Å². The highest BCUT2D eigenvalue weighted by Gasteiger charge is 2.54. The first-order valence-electron chi connectivity index (χ1n) is 6.70. The number of ketones is 1. The maximum absolute atomic E-state index is 12.5. The van der Waals surface area contributed by atoms with Gasteiger partial charge in [-0.2, -0.15) is 0 Å². The van der Waals surface area contributed by atoms with E-state index in [0.29, 0.717) is 11.1 Å². The number of carbonyl (C=O) groups is 1. The van der Waals surface area contributed by atoms with E-state index in [-0.39, 0.29) is 5.84 Å². The van der Waals surface area contributed by atoms with Gasteiger partial charge in [0.1, 0.15) is 17.7 Å². The lowest BCUT2D eigenvalue weighted by molar-refractivity contribution is -0.539. The summed E-state index contributed by atoms with van der Waals surface area (Å²) in [6, 6.07) is 6.10. The molecule has 0 unspecified atom stereocenters. The molecule has 0 aromatic heterocycles. The van der Waals surface area contributed by atoms with Gasteiger partial charge >= 0.3 is 0 Å². The quantitative estimate of drug-likeness (QED) is 0.517. The molecule has 6 heteroatoms. The zero-order valence-electron chi connectivity index (χ0n) is 12.6. The van der Waals surface area contributed by atoms with Crippen LogP contribution in [0.15, 0.2) is 24.3 Å². The van der Waals surface area contributed by atoms with Gasteiger partial charge in [0, 0.05) is 5.56 Å². The first-order valence-corrected chi connectivity index (χ1v) is 6.70. The summed E-state index contributed by atoms with van der Waals surface area (Å²) >= 11 is 0. The third-order valence-electron chi connectivity index (χ3n) is 4.51. The van der Waals surface area contributed by atoms with Crippen LogP contribution in [0.1, 0.15) is 43.6 Å². The van der Waals surface area contributed by atoms with Crippen LogP contribution in [-0.2, 0) is 0 Å². The molecule has 0 atom stereocenters. The molecule has 0 fully saturated rings. The van der Waals surface area contributed by atoms with Crippen molar-refractivity contribution in [3.05, 3.63) is 45.8 Å². The lowest BCUT2D eigenvalue weighted by Gasteiger charge is -2.39. The molecule has 1 aromatic rings. The zero-order valence-corrected chi connectivity index (χ0v) is 12.6. The average Bonchev–Trinajstić information content (AvgIpc) is 2.57. The van der Waals surface area contributed by atoms with Gasteiger partial charge in [-0.3, -0.25) is 14.6 Å². The summed E-state index contributed by atoms with van der Waals surface area (Å²) in [7, 11) is 0. The Hall–Kier alpha value is -1.92. The van der Waals surface area contributed by atoms with E-state index >= 15 is 0 Å². The molecule has 1 aromatic carbocycles. The Balaban J connectivity index is 2.47. The van der Waals surface area contributed by atoms with Gasteiger partial charge < -0.3 is 15.5 Å². The van der Waals surface area contributed by atoms with Gasteiger partial charge in [-0.1, -0.05) is 12.1 Å². The number of hydroxylamine groups is 3. The topological polar surface area (TPSA) is 89.7 Å². The standard InChI is InChI=1S/C15H19N2O4/c1-14(2)15(3,4)17(21)13(16(14)20)11-7-5-10(6-8-11)12(19)9-18/h5-8,18H,9H2,1-4H3/q-1. The van der Waals surface area contributed by atoms with Gasteiger partial charge in [-0.15, -0.1) is 0 Å². The van der Waals surface area contributed by atoms with Crippen molar-refractivity contribution >= 4 is 11.6 Å². The Labute approximate surface area is 123 Å². The molecule has 0 spiro atoms. The summed E-state index contributed by atoms with van der Waals surface area (Å²) in [6.45, 7) is 6.32. The van der Waals surface area contributed by atoms with Crippen LogP contribution in [0.4, 0.5) is 0 Å². The Kier molecular flexibility index (Phi) is 3.55. The molecule has 0 amide bonds. The van der Waals surface area contributed by atoms with Gasteiger partial charge in [-0.05, 0) is 39.8 Å². The van der Waals surface area contributed by atoms with Crippen molar-refractivity contribution in [2.75, 3.05) is 6.61 Å². The minimum Gasteiger partial charge on any atom is -0.715 e. The molecule has 0 saturated carbocycles. The predicted molar refractivity (Wildman–Crippen MR) is 79.0 cm³/mol. The van der Waals surface area contributed by atoms with Crippen molar-refractivity contribution in [1.82, 2.24) is 5.06 Å². The maximum Gasteiger partial charge on any atom is 0.279 e. The van der Waals surface area contributed by atoms with Gasteiger partial charge in [0.25, 0.3) is 5.84 Å². The monoisotopic (exact) mass is 291 g/mol. The number of amidine groups is 1. The Morgan fingerprint density at radius 3 is 2.14 bits per heavy atom. The van der Waals surface area contributed by atoms with E-state index in [1.165, 1.54) is 12.1 Å².